The monoisotopic (exact) mass is 426 g/mol. The lowest BCUT2D eigenvalue weighted by Gasteiger charge is -2.18. The van der Waals surface area contributed by atoms with Crippen molar-refractivity contribution >= 4 is 40.1 Å². The van der Waals surface area contributed by atoms with E-state index in [1.165, 1.54) is 0 Å². The molecule has 6 heteroatoms. The number of halogens is 1. The highest BCUT2D eigenvalue weighted by Gasteiger charge is 2.21. The maximum atomic E-state index is 13.2. The largest absolute Gasteiger partial charge is 0.354 e. The molecule has 150 valence electrons. The molecule has 1 unspecified atom stereocenters. The summed E-state index contributed by atoms with van der Waals surface area (Å²) in [4.78, 5) is 13.2. The number of ketones is 1. The van der Waals surface area contributed by atoms with Gasteiger partial charge in [0.15, 0.2) is 11.5 Å². The van der Waals surface area contributed by atoms with Gasteiger partial charge in [0.25, 0.3) is 0 Å². The summed E-state index contributed by atoms with van der Waals surface area (Å²) in [5, 5.41) is 4.69. The van der Waals surface area contributed by atoms with E-state index in [0.29, 0.717) is 27.6 Å². The van der Waals surface area contributed by atoms with E-state index in [-0.39, 0.29) is 10.5 Å². The van der Waals surface area contributed by atoms with Crippen LogP contribution in [0.25, 0.3) is 11.1 Å². The summed E-state index contributed by atoms with van der Waals surface area (Å²) < 4.78 is 10.0. The fourth-order valence-corrected chi connectivity index (χ4v) is 3.39. The minimum Gasteiger partial charge on any atom is -0.354 e. The molecule has 3 aromatic rings. The van der Waals surface area contributed by atoms with Crippen molar-refractivity contribution in [1.29, 1.82) is 0 Å². The first-order valence-electron chi connectivity index (χ1n) is 9.12. The number of aryl methyl sites for hydroxylation is 1. The molecule has 1 atom stereocenters. The van der Waals surface area contributed by atoms with Gasteiger partial charge in [0.2, 0.25) is 0 Å². The van der Waals surface area contributed by atoms with Gasteiger partial charge in [0.1, 0.15) is 0 Å². The van der Waals surface area contributed by atoms with E-state index >= 15 is 0 Å². The average Bonchev–Trinajstić information content (AvgIpc) is 3.05. The Morgan fingerprint density at radius 1 is 1.17 bits per heavy atom. The summed E-state index contributed by atoms with van der Waals surface area (Å²) in [6.45, 7) is 8.13. The SMILES string of the molecule is C=S(N=Cc1onc(C)c1-c1ccccc1C(=O)c1ccc(Cl)cc1)C(C)(C)C. The molecule has 0 fully saturated rings. The summed E-state index contributed by atoms with van der Waals surface area (Å²) in [7, 11) is -0.437. The lowest BCUT2D eigenvalue weighted by atomic mass is 9.93. The highest BCUT2D eigenvalue weighted by molar-refractivity contribution is 8.14. The van der Waals surface area contributed by atoms with Crippen LogP contribution in [0.5, 0.6) is 0 Å². The zero-order chi connectivity index (χ0) is 21.2. The fourth-order valence-electron chi connectivity index (χ4n) is 2.73. The van der Waals surface area contributed by atoms with Crippen molar-refractivity contribution in [2.75, 3.05) is 0 Å². The topological polar surface area (TPSA) is 55.5 Å². The van der Waals surface area contributed by atoms with Gasteiger partial charge in [0, 0.05) is 20.9 Å². The summed E-state index contributed by atoms with van der Waals surface area (Å²) in [6.07, 6.45) is 1.67. The number of carbonyl (C=O) groups is 1. The van der Waals surface area contributed by atoms with Crippen LogP contribution in [0.3, 0.4) is 0 Å². The van der Waals surface area contributed by atoms with Gasteiger partial charge in [-0.15, -0.1) is 0 Å². The molecule has 0 bridgehead atoms. The molecule has 0 spiro atoms. The number of rotatable bonds is 5. The van der Waals surface area contributed by atoms with Crippen molar-refractivity contribution in [3.05, 3.63) is 76.1 Å². The van der Waals surface area contributed by atoms with Crippen LogP contribution >= 0.6 is 22.3 Å². The van der Waals surface area contributed by atoms with Crippen LogP contribution in [-0.2, 0) is 0 Å². The normalized spacial score (nSPS) is 13.0. The highest BCUT2D eigenvalue weighted by atomic mass is 35.5. The van der Waals surface area contributed by atoms with E-state index in [4.69, 9.17) is 16.1 Å². The minimum atomic E-state index is -0.437. The van der Waals surface area contributed by atoms with E-state index in [9.17, 15) is 4.79 Å². The standard InChI is InChI=1S/C23H23ClN2O2S/c1-15-21(20(28-26-15)14-25-29(5)23(2,3)4)18-8-6-7-9-19(18)22(27)16-10-12-17(24)13-11-16/h6-14H,5H2,1-4H3. The molecule has 0 saturated carbocycles. The van der Waals surface area contributed by atoms with E-state index in [2.05, 4.69) is 36.2 Å². The van der Waals surface area contributed by atoms with Gasteiger partial charge in [-0.2, -0.15) is 0 Å². The Kier molecular flexibility index (Phi) is 6.20. The molecular weight excluding hydrogens is 404 g/mol. The molecule has 0 aliphatic carbocycles. The molecule has 0 saturated heterocycles. The van der Waals surface area contributed by atoms with E-state index in [1.54, 1.807) is 36.5 Å². The van der Waals surface area contributed by atoms with Crippen molar-refractivity contribution in [3.63, 3.8) is 0 Å². The Morgan fingerprint density at radius 3 is 2.48 bits per heavy atom. The molecule has 1 heterocycles. The quantitative estimate of drug-likeness (QED) is 0.270. The number of nitrogens with zero attached hydrogens (tertiary/aromatic N) is 2. The maximum Gasteiger partial charge on any atom is 0.193 e. The summed E-state index contributed by atoms with van der Waals surface area (Å²) in [6, 6.07) is 14.3. The maximum absolute atomic E-state index is 13.2. The Hall–Kier alpha value is -2.50. The van der Waals surface area contributed by atoms with Crippen LogP contribution in [-0.4, -0.2) is 27.8 Å². The molecule has 1 aromatic heterocycles. The predicted molar refractivity (Wildman–Crippen MR) is 124 cm³/mol. The van der Waals surface area contributed by atoms with Gasteiger partial charge in [-0.1, -0.05) is 57.6 Å². The molecule has 0 radical (unpaired) electrons. The first kappa shape index (κ1) is 21.2. The van der Waals surface area contributed by atoms with Gasteiger partial charge in [-0.05, 0) is 57.5 Å². The van der Waals surface area contributed by atoms with E-state index in [1.807, 2.05) is 25.1 Å². The molecule has 0 aliphatic heterocycles. The molecule has 0 aliphatic rings. The molecule has 29 heavy (non-hydrogen) atoms. The van der Waals surface area contributed by atoms with Crippen LogP contribution in [0.2, 0.25) is 5.02 Å². The van der Waals surface area contributed by atoms with Gasteiger partial charge >= 0.3 is 0 Å². The Labute approximate surface area is 178 Å². The number of hydrogen-bond acceptors (Lipinski definition) is 4. The lowest BCUT2D eigenvalue weighted by Crippen LogP contribution is -2.08. The van der Waals surface area contributed by atoms with Gasteiger partial charge < -0.3 is 4.52 Å². The molecule has 2 aromatic carbocycles. The zero-order valence-electron chi connectivity index (χ0n) is 16.9. The van der Waals surface area contributed by atoms with Crippen LogP contribution in [0, 0.1) is 6.92 Å². The molecular formula is C23H23ClN2O2S. The van der Waals surface area contributed by atoms with Crippen LogP contribution < -0.4 is 0 Å². The molecule has 0 amide bonds. The van der Waals surface area contributed by atoms with Crippen LogP contribution in [0.1, 0.15) is 48.1 Å². The minimum absolute atomic E-state index is 0.0474. The first-order valence-corrected chi connectivity index (χ1v) is 10.9. The zero-order valence-corrected chi connectivity index (χ0v) is 18.5. The van der Waals surface area contributed by atoms with Crippen LogP contribution in [0.15, 0.2) is 57.5 Å². The lowest BCUT2D eigenvalue weighted by molar-refractivity contribution is 0.103. The van der Waals surface area contributed by atoms with Gasteiger partial charge in [0.05, 0.1) is 17.5 Å². The first-order chi connectivity index (χ1) is 13.7. The smallest absolute Gasteiger partial charge is 0.193 e. The molecule has 4 nitrogen and oxygen atoms in total. The number of benzene rings is 2. The number of carbonyl (C=O) groups excluding carboxylic acids is 1. The van der Waals surface area contributed by atoms with Crippen molar-refractivity contribution in [2.45, 2.75) is 32.4 Å². The second-order valence-electron chi connectivity index (χ2n) is 7.60. The van der Waals surface area contributed by atoms with Gasteiger partial charge in [-0.3, -0.25) is 4.79 Å². The second-order valence-corrected chi connectivity index (χ2v) is 10.2. The van der Waals surface area contributed by atoms with Crippen molar-refractivity contribution in [2.24, 2.45) is 4.40 Å². The fraction of sp³-hybridized carbons (Fsp3) is 0.217. The average molecular weight is 427 g/mol. The van der Waals surface area contributed by atoms with E-state index < -0.39 is 10.7 Å². The van der Waals surface area contributed by atoms with Crippen molar-refractivity contribution in [3.8, 4) is 11.1 Å². The number of aromatic nitrogens is 1. The number of hydrogen-bond donors (Lipinski definition) is 0. The summed E-state index contributed by atoms with van der Waals surface area (Å²) in [5.74, 6) is 4.56. The third kappa shape index (κ3) is 4.74. The Bertz CT molecular complexity index is 1090. The molecule has 3 rings (SSSR count). The van der Waals surface area contributed by atoms with E-state index in [0.717, 1.165) is 11.1 Å². The summed E-state index contributed by atoms with van der Waals surface area (Å²) in [5.41, 5.74) is 3.35. The third-order valence-electron chi connectivity index (χ3n) is 4.44. The molecule has 0 N–H and O–H groups in total. The Balaban J connectivity index is 2.06. The highest BCUT2D eigenvalue weighted by Crippen LogP contribution is 2.33. The summed E-state index contributed by atoms with van der Waals surface area (Å²) >= 11 is 5.96. The van der Waals surface area contributed by atoms with Crippen molar-refractivity contribution < 1.29 is 9.32 Å². The van der Waals surface area contributed by atoms with Crippen molar-refractivity contribution in [1.82, 2.24) is 5.16 Å². The Morgan fingerprint density at radius 2 is 1.83 bits per heavy atom. The van der Waals surface area contributed by atoms with Crippen LogP contribution in [0.4, 0.5) is 0 Å². The second kappa shape index (κ2) is 8.47. The third-order valence-corrected chi connectivity index (χ3v) is 6.47. The van der Waals surface area contributed by atoms with Gasteiger partial charge in [-0.25, -0.2) is 4.40 Å². The predicted octanol–water partition coefficient (Wildman–Crippen LogP) is 6.37.